The molecule has 7 rings (SSSR count). The number of piperazine rings is 1. The SMILES string of the molecule is Cc1ccc(N2CCC[C@H](N(Cc3ccnc(C)c3)Cc3cn(C4CC4)c4cc(N5CCN(CC(F)F)CC5)c(F)cc4c3=O)C2)cn1. The van der Waals surface area contributed by atoms with Crippen LogP contribution in [-0.4, -0.2) is 82.6 Å². The van der Waals surface area contributed by atoms with Crippen molar-refractivity contribution in [2.45, 2.75) is 71.1 Å². The van der Waals surface area contributed by atoms with Crippen LogP contribution in [0.15, 0.2) is 59.8 Å². The number of pyridine rings is 3. The molecule has 2 saturated heterocycles. The van der Waals surface area contributed by atoms with Gasteiger partial charge in [0.2, 0.25) is 0 Å². The lowest BCUT2D eigenvalue weighted by Gasteiger charge is -2.40. The Hall–Kier alpha value is -3.96. The number of aryl methyl sites for hydroxylation is 2. The summed E-state index contributed by atoms with van der Waals surface area (Å²) in [4.78, 5) is 31.6. The minimum Gasteiger partial charge on any atom is -0.369 e. The molecule has 11 heteroatoms. The lowest BCUT2D eigenvalue weighted by Crippen LogP contribution is -2.48. The molecule has 1 aromatic carbocycles. The highest BCUT2D eigenvalue weighted by atomic mass is 19.3. The molecule has 0 amide bonds. The summed E-state index contributed by atoms with van der Waals surface area (Å²) in [5, 5.41) is 0.396. The average Bonchev–Trinajstić information content (AvgIpc) is 3.92. The van der Waals surface area contributed by atoms with Crippen LogP contribution in [0, 0.1) is 19.7 Å². The molecule has 1 atom stereocenters. The highest BCUT2D eigenvalue weighted by Crippen LogP contribution is 2.38. The second kappa shape index (κ2) is 13.9. The number of hydrogen-bond donors (Lipinski definition) is 0. The van der Waals surface area contributed by atoms with Gasteiger partial charge in [-0.05, 0) is 81.5 Å². The maximum atomic E-state index is 15.8. The van der Waals surface area contributed by atoms with Crippen LogP contribution >= 0.6 is 0 Å². The van der Waals surface area contributed by atoms with Crippen LogP contribution in [0.3, 0.4) is 0 Å². The molecule has 48 heavy (non-hydrogen) atoms. The number of aromatic nitrogens is 3. The Morgan fingerprint density at radius 1 is 0.917 bits per heavy atom. The third-order valence-corrected chi connectivity index (χ3v) is 10.1. The van der Waals surface area contributed by atoms with Crippen LogP contribution in [0.5, 0.6) is 0 Å². The monoisotopic (exact) mass is 659 g/mol. The van der Waals surface area contributed by atoms with Gasteiger partial charge >= 0.3 is 0 Å². The predicted octanol–water partition coefficient (Wildman–Crippen LogP) is 5.94. The Morgan fingerprint density at radius 2 is 1.73 bits per heavy atom. The predicted molar refractivity (Wildman–Crippen MR) is 184 cm³/mol. The molecule has 0 unspecified atom stereocenters. The summed E-state index contributed by atoms with van der Waals surface area (Å²) >= 11 is 0. The van der Waals surface area contributed by atoms with Gasteiger partial charge in [-0.25, -0.2) is 13.2 Å². The summed E-state index contributed by atoms with van der Waals surface area (Å²) in [6.07, 6.45) is 7.47. The average molecular weight is 660 g/mol. The quantitative estimate of drug-likeness (QED) is 0.209. The molecule has 1 aliphatic carbocycles. The van der Waals surface area contributed by atoms with Gasteiger partial charge in [-0.2, -0.15) is 0 Å². The van der Waals surface area contributed by atoms with E-state index < -0.39 is 12.2 Å². The van der Waals surface area contributed by atoms with Gasteiger partial charge in [0, 0.05) is 99.2 Å². The number of benzene rings is 1. The Bertz CT molecular complexity index is 1800. The van der Waals surface area contributed by atoms with E-state index in [1.54, 1.807) is 4.90 Å². The lowest BCUT2D eigenvalue weighted by molar-refractivity contribution is 0.0853. The number of fused-ring (bicyclic) bond motifs is 1. The van der Waals surface area contributed by atoms with Crippen molar-refractivity contribution in [2.75, 3.05) is 55.6 Å². The molecule has 8 nitrogen and oxygen atoms in total. The van der Waals surface area contributed by atoms with Crippen LogP contribution in [0.4, 0.5) is 24.5 Å². The van der Waals surface area contributed by atoms with Crippen molar-refractivity contribution in [1.29, 1.82) is 0 Å². The molecule has 3 fully saturated rings. The zero-order valence-corrected chi connectivity index (χ0v) is 27.8. The van der Waals surface area contributed by atoms with Gasteiger partial charge < -0.3 is 14.4 Å². The summed E-state index contributed by atoms with van der Waals surface area (Å²) in [5.41, 5.74) is 5.89. The zero-order chi connectivity index (χ0) is 33.4. The van der Waals surface area contributed by atoms with Gasteiger partial charge in [0.15, 0.2) is 5.43 Å². The van der Waals surface area contributed by atoms with E-state index in [0.29, 0.717) is 55.9 Å². The molecule has 4 aromatic rings. The molecule has 3 aromatic heterocycles. The van der Waals surface area contributed by atoms with E-state index in [1.807, 2.05) is 55.5 Å². The van der Waals surface area contributed by atoms with E-state index in [9.17, 15) is 13.6 Å². The molecule has 3 aliphatic rings. The van der Waals surface area contributed by atoms with Gasteiger partial charge in [-0.1, -0.05) is 0 Å². The second-order valence-corrected chi connectivity index (χ2v) is 13.7. The van der Waals surface area contributed by atoms with Crippen molar-refractivity contribution in [1.82, 2.24) is 24.3 Å². The highest BCUT2D eigenvalue weighted by molar-refractivity contribution is 5.84. The first kappa shape index (κ1) is 32.6. The third-order valence-electron chi connectivity index (χ3n) is 10.1. The number of piperidine rings is 1. The number of anilines is 2. The Morgan fingerprint density at radius 3 is 2.44 bits per heavy atom. The lowest BCUT2D eigenvalue weighted by atomic mass is 10.0. The van der Waals surface area contributed by atoms with E-state index in [0.717, 1.165) is 66.9 Å². The number of rotatable bonds is 10. The van der Waals surface area contributed by atoms with Crippen LogP contribution in [0.2, 0.25) is 0 Å². The molecule has 1 saturated carbocycles. The van der Waals surface area contributed by atoms with Crippen LogP contribution < -0.4 is 15.2 Å². The van der Waals surface area contributed by atoms with Gasteiger partial charge in [-0.15, -0.1) is 0 Å². The molecule has 0 N–H and O–H groups in total. The molecule has 5 heterocycles. The summed E-state index contributed by atoms with van der Waals surface area (Å²) in [5.74, 6) is -0.444. The largest absolute Gasteiger partial charge is 0.369 e. The van der Waals surface area contributed by atoms with Gasteiger partial charge in [0.1, 0.15) is 5.82 Å². The summed E-state index contributed by atoms with van der Waals surface area (Å²) in [6, 6.07) is 12.0. The number of halogens is 3. The minimum absolute atomic E-state index is 0.139. The van der Waals surface area contributed by atoms with E-state index in [-0.39, 0.29) is 24.1 Å². The number of hydrogen-bond acceptors (Lipinski definition) is 7. The number of nitrogens with zero attached hydrogens (tertiary/aromatic N) is 7. The molecule has 0 bridgehead atoms. The molecule has 254 valence electrons. The van der Waals surface area contributed by atoms with Crippen molar-refractivity contribution in [3.05, 3.63) is 93.5 Å². The van der Waals surface area contributed by atoms with Crippen molar-refractivity contribution in [3.63, 3.8) is 0 Å². The van der Waals surface area contributed by atoms with Crippen molar-refractivity contribution in [3.8, 4) is 0 Å². The highest BCUT2D eigenvalue weighted by Gasteiger charge is 2.30. The van der Waals surface area contributed by atoms with E-state index in [4.69, 9.17) is 0 Å². The zero-order valence-electron chi connectivity index (χ0n) is 27.8. The topological polar surface area (TPSA) is 60.7 Å². The second-order valence-electron chi connectivity index (χ2n) is 13.7. The van der Waals surface area contributed by atoms with Crippen molar-refractivity contribution >= 4 is 22.3 Å². The smallest absolute Gasteiger partial charge is 0.251 e. The first-order chi connectivity index (χ1) is 23.2. The van der Waals surface area contributed by atoms with Gasteiger partial charge in [0.25, 0.3) is 6.43 Å². The van der Waals surface area contributed by atoms with Crippen molar-refractivity contribution in [2.24, 2.45) is 0 Å². The van der Waals surface area contributed by atoms with E-state index in [1.165, 1.54) is 6.07 Å². The summed E-state index contributed by atoms with van der Waals surface area (Å²) in [7, 11) is 0. The van der Waals surface area contributed by atoms with Crippen LogP contribution in [-0.2, 0) is 13.1 Å². The third kappa shape index (κ3) is 7.22. The fourth-order valence-corrected chi connectivity index (χ4v) is 7.40. The van der Waals surface area contributed by atoms with Gasteiger partial charge in [-0.3, -0.25) is 24.6 Å². The normalized spacial score (nSPS) is 19.2. The Labute approximate surface area is 279 Å². The molecule has 0 radical (unpaired) electrons. The summed E-state index contributed by atoms with van der Waals surface area (Å²) in [6.45, 7) is 8.42. The first-order valence-corrected chi connectivity index (χ1v) is 17.2. The van der Waals surface area contributed by atoms with E-state index >= 15 is 4.39 Å². The Kier molecular flexibility index (Phi) is 9.42. The molecular weight excluding hydrogens is 615 g/mol. The maximum Gasteiger partial charge on any atom is 0.251 e. The standard InChI is InChI=1S/C37H44F3N7O/c1-25-5-6-30(19-42-25)45-11-3-4-31(23-45)46(20-27-9-10-41-26(2)16-27)21-28-22-47(29-7-8-29)34-18-35(33(38)17-32(34)37(28)48)44-14-12-43(13-15-44)24-36(39)40/h5-6,9-10,16-19,22,29,31,36H,3-4,7-8,11-15,20-21,23-24H2,1-2H3/t31-/m0/s1. The van der Waals surface area contributed by atoms with Crippen LogP contribution in [0.1, 0.15) is 54.2 Å². The van der Waals surface area contributed by atoms with E-state index in [2.05, 4.69) is 36.5 Å². The minimum atomic E-state index is -2.39. The van der Waals surface area contributed by atoms with Crippen molar-refractivity contribution < 1.29 is 13.2 Å². The van der Waals surface area contributed by atoms with Crippen LogP contribution in [0.25, 0.3) is 10.9 Å². The molecule has 0 spiro atoms. The fourth-order valence-electron chi connectivity index (χ4n) is 7.40. The Balaban J connectivity index is 1.20. The maximum absolute atomic E-state index is 15.8. The summed E-state index contributed by atoms with van der Waals surface area (Å²) < 4.78 is 43.9. The van der Waals surface area contributed by atoms with Gasteiger partial charge in [0.05, 0.1) is 29.6 Å². The fraction of sp³-hybridized carbons (Fsp3) is 0.486. The first-order valence-electron chi connectivity index (χ1n) is 17.2. The molecular formula is C37H44F3N7O. The number of alkyl halides is 2. The molecule has 2 aliphatic heterocycles.